The predicted octanol–water partition coefficient (Wildman–Crippen LogP) is 0.852. The van der Waals surface area contributed by atoms with Gasteiger partial charge in [0.15, 0.2) is 6.10 Å². The van der Waals surface area contributed by atoms with Crippen molar-refractivity contribution in [2.24, 2.45) is 5.92 Å². The van der Waals surface area contributed by atoms with E-state index in [0.29, 0.717) is 5.92 Å². The highest BCUT2D eigenvalue weighted by atomic mass is 16.5. The van der Waals surface area contributed by atoms with Crippen LogP contribution in [-0.4, -0.2) is 83.5 Å². The van der Waals surface area contributed by atoms with Gasteiger partial charge in [-0.3, -0.25) is 9.59 Å². The van der Waals surface area contributed by atoms with E-state index in [0.717, 1.165) is 36.8 Å². The van der Waals surface area contributed by atoms with Crippen molar-refractivity contribution in [1.29, 1.82) is 0 Å². The van der Waals surface area contributed by atoms with Gasteiger partial charge in [-0.05, 0) is 29.9 Å². The molecule has 2 unspecified atom stereocenters. The molecular weight excluding hydrogens is 476 g/mol. The average Bonchev–Trinajstić information content (AvgIpc) is 3.38. The van der Waals surface area contributed by atoms with Crippen molar-refractivity contribution in [3.63, 3.8) is 0 Å². The number of carbonyl (C=O) groups is 2. The molecule has 0 spiro atoms. The van der Waals surface area contributed by atoms with Crippen molar-refractivity contribution < 1.29 is 34.4 Å². The van der Waals surface area contributed by atoms with Crippen molar-refractivity contribution in [2.45, 2.75) is 68.3 Å². The highest BCUT2D eigenvalue weighted by Gasteiger charge is 2.39. The lowest BCUT2D eigenvalue weighted by Gasteiger charge is -2.28. The largest absolute Gasteiger partial charge is 0.387 e. The molecule has 2 fully saturated rings. The van der Waals surface area contributed by atoms with Crippen LogP contribution in [0.4, 0.5) is 0 Å². The van der Waals surface area contributed by atoms with Gasteiger partial charge in [-0.25, -0.2) is 0 Å². The summed E-state index contributed by atoms with van der Waals surface area (Å²) in [6.45, 7) is -0.0986. The molecule has 1 aliphatic heterocycles. The molecule has 9 heteroatoms. The Hall–Kier alpha value is -2.82. The molecule has 4 rings (SSSR count). The molecule has 37 heavy (non-hydrogen) atoms. The fourth-order valence-corrected chi connectivity index (χ4v) is 5.10. The lowest BCUT2D eigenvalue weighted by Crippen LogP contribution is -2.56. The number of fused-ring (bicyclic) bond motifs is 1. The summed E-state index contributed by atoms with van der Waals surface area (Å²) in [6.07, 6.45) is 6.53. The maximum absolute atomic E-state index is 13.0. The van der Waals surface area contributed by atoms with Crippen LogP contribution in [0.5, 0.6) is 0 Å². The number of aliphatic hydroxyl groups excluding tert-OH is 3. The first kappa shape index (κ1) is 27.2. The van der Waals surface area contributed by atoms with E-state index < -0.39 is 54.4 Å². The third-order valence-corrected chi connectivity index (χ3v) is 7.22. The third-order valence-electron chi connectivity index (χ3n) is 7.22. The van der Waals surface area contributed by atoms with Crippen LogP contribution < -0.4 is 10.6 Å². The molecule has 9 nitrogen and oxygen atoms in total. The maximum Gasteiger partial charge on any atom is 0.252 e. The fraction of sp³-hybridized carbons (Fsp3) is 0.500. The van der Waals surface area contributed by atoms with Gasteiger partial charge in [0, 0.05) is 7.11 Å². The monoisotopic (exact) mass is 512 g/mol. The lowest BCUT2D eigenvalue weighted by molar-refractivity contribution is -0.151. The zero-order valence-corrected chi connectivity index (χ0v) is 20.9. The minimum Gasteiger partial charge on any atom is -0.387 e. The number of benzene rings is 1. The average molecular weight is 513 g/mol. The Balaban J connectivity index is 1.38. The molecule has 3 aliphatic rings. The van der Waals surface area contributed by atoms with E-state index >= 15 is 0 Å². The first-order chi connectivity index (χ1) is 17.9. The number of nitrogens with one attached hydrogen (secondary N) is 2. The summed E-state index contributed by atoms with van der Waals surface area (Å²) in [5.74, 6) is -0.904. The van der Waals surface area contributed by atoms with Crippen molar-refractivity contribution >= 4 is 17.4 Å². The molecule has 1 saturated heterocycles. The molecule has 0 bridgehead atoms. The zero-order chi connectivity index (χ0) is 26.4. The van der Waals surface area contributed by atoms with Crippen molar-refractivity contribution in [3.05, 3.63) is 66.3 Å². The molecule has 7 atom stereocenters. The van der Waals surface area contributed by atoms with Gasteiger partial charge in [-0.15, -0.1) is 0 Å². The molecule has 1 aromatic rings. The third kappa shape index (κ3) is 6.55. The van der Waals surface area contributed by atoms with Crippen LogP contribution in [-0.2, 0) is 19.1 Å². The Morgan fingerprint density at radius 1 is 1.16 bits per heavy atom. The van der Waals surface area contributed by atoms with Crippen LogP contribution in [0.1, 0.15) is 31.2 Å². The first-order valence-electron chi connectivity index (χ1n) is 12.8. The van der Waals surface area contributed by atoms with Crippen molar-refractivity contribution in [3.8, 4) is 0 Å². The summed E-state index contributed by atoms with van der Waals surface area (Å²) in [4.78, 5) is 25.9. The number of allylic oxidation sites excluding steroid dienone is 3. The molecule has 1 heterocycles. The summed E-state index contributed by atoms with van der Waals surface area (Å²) in [5.41, 5.74) is 1.88. The quantitative estimate of drug-likeness (QED) is 0.310. The van der Waals surface area contributed by atoms with Crippen LogP contribution in [0.3, 0.4) is 0 Å². The number of amides is 2. The van der Waals surface area contributed by atoms with Crippen molar-refractivity contribution in [2.75, 3.05) is 13.7 Å². The van der Waals surface area contributed by atoms with Gasteiger partial charge in [0.1, 0.15) is 30.5 Å². The molecule has 2 amide bonds. The van der Waals surface area contributed by atoms with E-state index in [1.807, 2.05) is 54.6 Å². The van der Waals surface area contributed by atoms with Crippen LogP contribution in [0.15, 0.2) is 60.7 Å². The van der Waals surface area contributed by atoms with Gasteiger partial charge in [-0.1, -0.05) is 73.6 Å². The van der Waals surface area contributed by atoms with E-state index in [2.05, 4.69) is 10.6 Å². The van der Waals surface area contributed by atoms with Gasteiger partial charge in [0.2, 0.25) is 5.91 Å². The second kappa shape index (κ2) is 12.6. The minimum atomic E-state index is -1.72. The minimum absolute atomic E-state index is 0.0986. The molecule has 200 valence electrons. The van der Waals surface area contributed by atoms with E-state index in [4.69, 9.17) is 9.47 Å². The van der Waals surface area contributed by atoms with Crippen LogP contribution in [0.2, 0.25) is 0 Å². The molecule has 1 saturated carbocycles. The SMILES string of the molecule is CO[C@@H](C(=O)N[C@H]1COC2C(c3ccccc3)=CC=CC2NC1=O)[C@H](O)[C@@H](O)[C@H](O)/C=C/C1CCCC1. The zero-order valence-electron chi connectivity index (χ0n) is 20.9. The topological polar surface area (TPSA) is 137 Å². The second-order valence-electron chi connectivity index (χ2n) is 9.78. The highest BCUT2D eigenvalue weighted by molar-refractivity contribution is 5.90. The second-order valence-corrected chi connectivity index (χ2v) is 9.78. The number of aliphatic hydroxyl groups is 3. The number of carbonyl (C=O) groups excluding carboxylic acids is 2. The molecular formula is C28H36N2O7. The Morgan fingerprint density at radius 3 is 2.59 bits per heavy atom. The molecule has 2 aliphatic carbocycles. The Labute approximate surface area is 216 Å². The number of hydrogen-bond acceptors (Lipinski definition) is 7. The number of hydrogen-bond donors (Lipinski definition) is 5. The molecule has 0 aromatic heterocycles. The first-order valence-corrected chi connectivity index (χ1v) is 12.8. The summed E-state index contributed by atoms with van der Waals surface area (Å²) in [7, 11) is 1.21. The summed E-state index contributed by atoms with van der Waals surface area (Å²) in [6, 6.07) is 8.24. The maximum atomic E-state index is 13.0. The van der Waals surface area contributed by atoms with Gasteiger partial charge in [-0.2, -0.15) is 0 Å². The molecule has 0 radical (unpaired) electrons. The van der Waals surface area contributed by atoms with Crippen LogP contribution in [0, 0.1) is 5.92 Å². The number of methoxy groups -OCH3 is 1. The Bertz CT molecular complexity index is 1020. The van der Waals surface area contributed by atoms with Crippen molar-refractivity contribution in [1.82, 2.24) is 10.6 Å². The standard InChI is InChI=1S/C28H36N2O7/c1-36-26(24(33)23(32)22(31)15-14-17-8-5-6-9-17)28(35)30-21-16-37-25-19(18-10-3-2-4-11-18)12-7-13-20(25)29-27(21)34/h2-4,7,10-15,17,20-26,31-33H,5-6,8-9,16H2,1H3,(H,29,34)(H,30,35)/b15-14+/t20?,21-,22+,23-,24+,25?,26+/m0/s1. The van der Waals surface area contributed by atoms with E-state index in [9.17, 15) is 24.9 Å². The van der Waals surface area contributed by atoms with E-state index in [1.54, 1.807) is 0 Å². The Kier molecular flexibility index (Phi) is 9.28. The summed E-state index contributed by atoms with van der Waals surface area (Å²) in [5, 5.41) is 36.9. The predicted molar refractivity (Wildman–Crippen MR) is 137 cm³/mol. The lowest BCUT2D eigenvalue weighted by atomic mass is 9.91. The van der Waals surface area contributed by atoms with Gasteiger partial charge in [0.05, 0.1) is 12.6 Å². The summed E-state index contributed by atoms with van der Waals surface area (Å²) < 4.78 is 11.2. The van der Waals surface area contributed by atoms with Crippen LogP contribution in [0.25, 0.3) is 5.57 Å². The van der Waals surface area contributed by atoms with E-state index in [1.165, 1.54) is 13.2 Å². The molecule has 1 aromatic carbocycles. The smallest absolute Gasteiger partial charge is 0.252 e. The number of ether oxygens (including phenoxy) is 2. The molecule has 5 N–H and O–H groups in total. The van der Waals surface area contributed by atoms with Crippen LogP contribution >= 0.6 is 0 Å². The normalized spacial score (nSPS) is 27.5. The number of rotatable bonds is 9. The van der Waals surface area contributed by atoms with E-state index in [-0.39, 0.29) is 6.61 Å². The Morgan fingerprint density at radius 2 is 1.89 bits per heavy atom. The summed E-state index contributed by atoms with van der Waals surface area (Å²) >= 11 is 0. The van der Waals surface area contributed by atoms with Gasteiger partial charge < -0.3 is 35.4 Å². The van der Waals surface area contributed by atoms with Gasteiger partial charge >= 0.3 is 0 Å². The fourth-order valence-electron chi connectivity index (χ4n) is 5.10. The highest BCUT2D eigenvalue weighted by Crippen LogP contribution is 2.28. The van der Waals surface area contributed by atoms with Gasteiger partial charge in [0.25, 0.3) is 5.91 Å².